The third kappa shape index (κ3) is 4.18. The van der Waals surface area contributed by atoms with Crippen molar-refractivity contribution >= 4 is 39.1 Å². The van der Waals surface area contributed by atoms with Crippen LogP contribution in [0.2, 0.25) is 5.02 Å². The van der Waals surface area contributed by atoms with Gasteiger partial charge < -0.3 is 10.6 Å². The van der Waals surface area contributed by atoms with Gasteiger partial charge in [-0.15, -0.1) is 0 Å². The molecule has 0 aliphatic rings. The lowest BCUT2D eigenvalue weighted by molar-refractivity contribution is -0.122. The predicted molar refractivity (Wildman–Crippen MR) is 80.1 cm³/mol. The Morgan fingerprint density at radius 3 is 2.72 bits per heavy atom. The van der Waals surface area contributed by atoms with Gasteiger partial charge in [0.25, 0.3) is 0 Å². The summed E-state index contributed by atoms with van der Waals surface area (Å²) in [6.45, 7) is 5.85. The summed E-state index contributed by atoms with van der Waals surface area (Å²) in [6, 6.07) is 5.39. The molecule has 0 heterocycles. The average Bonchev–Trinajstić information content (AvgIpc) is 2.34. The van der Waals surface area contributed by atoms with E-state index in [1.54, 1.807) is 6.07 Å². The number of hydrogen-bond donors (Lipinski definition) is 2. The zero-order valence-electron chi connectivity index (χ0n) is 10.8. The van der Waals surface area contributed by atoms with Crippen molar-refractivity contribution in [2.24, 2.45) is 0 Å². The first-order valence-electron chi connectivity index (χ1n) is 5.96. The maximum absolute atomic E-state index is 11.9. The van der Waals surface area contributed by atoms with Gasteiger partial charge in [-0.3, -0.25) is 4.79 Å². The molecule has 0 spiro atoms. The van der Waals surface area contributed by atoms with E-state index in [-0.39, 0.29) is 18.0 Å². The Hall–Kier alpha value is -0.740. The van der Waals surface area contributed by atoms with E-state index in [4.69, 9.17) is 11.6 Å². The number of halogens is 2. The Labute approximate surface area is 121 Å². The predicted octanol–water partition coefficient (Wildman–Crippen LogP) is 3.82. The van der Waals surface area contributed by atoms with E-state index in [0.29, 0.717) is 5.02 Å². The zero-order valence-corrected chi connectivity index (χ0v) is 13.1. The first-order chi connectivity index (χ1) is 8.45. The number of benzene rings is 1. The third-order valence-corrected chi connectivity index (χ3v) is 4.12. The normalized spacial score (nSPS) is 13.8. The van der Waals surface area contributed by atoms with Gasteiger partial charge in [-0.1, -0.05) is 24.6 Å². The molecule has 100 valence electrons. The second-order valence-corrected chi connectivity index (χ2v) is 5.49. The summed E-state index contributed by atoms with van der Waals surface area (Å²) >= 11 is 9.39. The number of hydrogen-bond acceptors (Lipinski definition) is 2. The van der Waals surface area contributed by atoms with E-state index in [1.165, 1.54) is 0 Å². The summed E-state index contributed by atoms with van der Waals surface area (Å²) in [4.78, 5) is 11.9. The van der Waals surface area contributed by atoms with Gasteiger partial charge in [-0.05, 0) is 48.3 Å². The molecular weight excluding hydrogens is 316 g/mol. The lowest BCUT2D eigenvalue weighted by atomic mass is 10.2. The number of carbonyl (C=O) groups is 1. The maximum Gasteiger partial charge on any atom is 0.242 e. The summed E-state index contributed by atoms with van der Waals surface area (Å²) in [5.74, 6) is -0.0174. The molecule has 1 aromatic carbocycles. The Morgan fingerprint density at radius 2 is 2.11 bits per heavy atom. The number of carbonyl (C=O) groups excluding carboxylic acids is 1. The molecule has 2 N–H and O–H groups in total. The van der Waals surface area contributed by atoms with Gasteiger partial charge in [-0.25, -0.2) is 0 Å². The maximum atomic E-state index is 11.9. The molecule has 0 aromatic heterocycles. The van der Waals surface area contributed by atoms with Crippen molar-refractivity contribution in [1.29, 1.82) is 0 Å². The molecule has 0 bridgehead atoms. The van der Waals surface area contributed by atoms with Gasteiger partial charge in [0.2, 0.25) is 5.91 Å². The molecule has 0 fully saturated rings. The van der Waals surface area contributed by atoms with Gasteiger partial charge in [0, 0.05) is 6.04 Å². The van der Waals surface area contributed by atoms with E-state index in [9.17, 15) is 4.79 Å². The lowest BCUT2D eigenvalue weighted by Gasteiger charge is -2.19. The van der Waals surface area contributed by atoms with E-state index >= 15 is 0 Å². The Balaban J connectivity index is 2.67. The lowest BCUT2D eigenvalue weighted by Crippen LogP contribution is -2.41. The molecule has 0 saturated heterocycles. The summed E-state index contributed by atoms with van der Waals surface area (Å²) in [6.07, 6.45) is 0.916. The number of anilines is 1. The van der Waals surface area contributed by atoms with E-state index in [0.717, 1.165) is 16.6 Å². The Bertz CT molecular complexity index is 425. The molecular formula is C13H18BrClN2O. The van der Waals surface area contributed by atoms with Crippen molar-refractivity contribution in [3.8, 4) is 0 Å². The van der Waals surface area contributed by atoms with Gasteiger partial charge in [0.15, 0.2) is 0 Å². The minimum atomic E-state index is -0.311. The molecule has 18 heavy (non-hydrogen) atoms. The highest BCUT2D eigenvalue weighted by molar-refractivity contribution is 9.10. The monoisotopic (exact) mass is 332 g/mol. The van der Waals surface area contributed by atoms with Crippen molar-refractivity contribution in [1.82, 2.24) is 5.32 Å². The zero-order chi connectivity index (χ0) is 13.7. The van der Waals surface area contributed by atoms with Crippen LogP contribution in [0, 0.1) is 0 Å². The summed E-state index contributed by atoms with van der Waals surface area (Å²) < 4.78 is 0.773. The van der Waals surface area contributed by atoms with Crippen LogP contribution < -0.4 is 10.6 Å². The number of nitrogens with one attached hydrogen (secondary N) is 2. The van der Waals surface area contributed by atoms with Crippen LogP contribution in [0.3, 0.4) is 0 Å². The molecule has 2 atom stereocenters. The quantitative estimate of drug-likeness (QED) is 0.860. The van der Waals surface area contributed by atoms with E-state index < -0.39 is 0 Å². The van der Waals surface area contributed by atoms with Gasteiger partial charge in [0.05, 0.1) is 15.2 Å². The van der Waals surface area contributed by atoms with Crippen LogP contribution in [0.1, 0.15) is 27.2 Å². The van der Waals surface area contributed by atoms with E-state index in [1.807, 2.05) is 32.9 Å². The van der Waals surface area contributed by atoms with Crippen LogP contribution in [0.15, 0.2) is 22.7 Å². The standard InChI is InChI=1S/C13H18BrClN2O/c1-4-8(2)16-13(18)9(3)17-11-7-5-6-10(15)12(11)14/h5-9,17H,4H2,1-3H3,(H,16,18). The number of rotatable bonds is 5. The molecule has 1 rings (SSSR count). The fourth-order valence-corrected chi connectivity index (χ4v) is 1.94. The molecule has 5 heteroatoms. The van der Waals surface area contributed by atoms with Crippen molar-refractivity contribution < 1.29 is 4.79 Å². The SMILES string of the molecule is CCC(C)NC(=O)C(C)Nc1cccc(Cl)c1Br. The van der Waals surface area contributed by atoms with Crippen molar-refractivity contribution in [3.05, 3.63) is 27.7 Å². The Morgan fingerprint density at radius 1 is 1.44 bits per heavy atom. The van der Waals surface area contributed by atoms with Crippen molar-refractivity contribution in [3.63, 3.8) is 0 Å². The fraction of sp³-hybridized carbons (Fsp3) is 0.462. The first-order valence-corrected chi connectivity index (χ1v) is 7.13. The van der Waals surface area contributed by atoms with Crippen LogP contribution in [0.4, 0.5) is 5.69 Å². The topological polar surface area (TPSA) is 41.1 Å². The highest BCUT2D eigenvalue weighted by Crippen LogP contribution is 2.30. The van der Waals surface area contributed by atoms with Crippen LogP contribution in [-0.2, 0) is 4.79 Å². The minimum Gasteiger partial charge on any atom is -0.373 e. The highest BCUT2D eigenvalue weighted by Gasteiger charge is 2.15. The minimum absolute atomic E-state index is 0.0174. The molecule has 2 unspecified atom stereocenters. The van der Waals surface area contributed by atoms with Crippen LogP contribution in [-0.4, -0.2) is 18.0 Å². The van der Waals surface area contributed by atoms with Crippen LogP contribution in [0.25, 0.3) is 0 Å². The van der Waals surface area contributed by atoms with Crippen molar-refractivity contribution in [2.45, 2.75) is 39.3 Å². The van der Waals surface area contributed by atoms with E-state index in [2.05, 4.69) is 26.6 Å². The molecule has 1 amide bonds. The largest absolute Gasteiger partial charge is 0.373 e. The third-order valence-electron chi connectivity index (χ3n) is 2.72. The van der Waals surface area contributed by atoms with Crippen molar-refractivity contribution in [2.75, 3.05) is 5.32 Å². The molecule has 0 radical (unpaired) electrons. The second-order valence-electron chi connectivity index (χ2n) is 4.29. The second kappa shape index (κ2) is 7.00. The van der Waals surface area contributed by atoms with Crippen LogP contribution >= 0.6 is 27.5 Å². The number of amides is 1. The molecule has 0 saturated carbocycles. The summed E-state index contributed by atoms with van der Waals surface area (Å²) in [5.41, 5.74) is 0.814. The smallest absolute Gasteiger partial charge is 0.242 e. The fourth-order valence-electron chi connectivity index (χ4n) is 1.38. The molecule has 3 nitrogen and oxygen atoms in total. The highest BCUT2D eigenvalue weighted by atomic mass is 79.9. The Kier molecular flexibility index (Phi) is 5.96. The average molecular weight is 334 g/mol. The van der Waals surface area contributed by atoms with Crippen LogP contribution in [0.5, 0.6) is 0 Å². The summed E-state index contributed by atoms with van der Waals surface area (Å²) in [5, 5.41) is 6.69. The van der Waals surface area contributed by atoms with Gasteiger partial charge in [-0.2, -0.15) is 0 Å². The molecule has 0 aliphatic carbocycles. The first kappa shape index (κ1) is 15.3. The summed E-state index contributed by atoms with van der Waals surface area (Å²) in [7, 11) is 0. The molecule has 1 aromatic rings. The van der Waals surface area contributed by atoms with Gasteiger partial charge in [0.1, 0.15) is 6.04 Å². The van der Waals surface area contributed by atoms with Gasteiger partial charge >= 0.3 is 0 Å². The molecule has 0 aliphatic heterocycles.